The Balaban J connectivity index is 2.39. The van der Waals surface area contributed by atoms with E-state index >= 15 is 0 Å². The largest absolute Gasteiger partial charge is 0.466 e. The highest BCUT2D eigenvalue weighted by Gasteiger charge is 1.98. The highest BCUT2D eigenvalue weighted by atomic mass is 16.5. The Bertz CT molecular complexity index is 511. The molecule has 0 unspecified atom stereocenters. The number of nitrogens with one attached hydrogen (secondary N) is 1. The van der Waals surface area contributed by atoms with Crippen LogP contribution in [0.25, 0.3) is 17.0 Å². The SMILES string of the molecule is COC(=O)C=Cc1cccc2cc[nH]c12. The zero-order valence-electron chi connectivity index (χ0n) is 8.36. The first-order chi connectivity index (χ1) is 7.31. The van der Waals surface area contributed by atoms with Gasteiger partial charge in [-0.05, 0) is 23.1 Å². The van der Waals surface area contributed by atoms with E-state index in [1.807, 2.05) is 30.5 Å². The van der Waals surface area contributed by atoms with E-state index in [0.29, 0.717) is 0 Å². The van der Waals surface area contributed by atoms with E-state index in [1.165, 1.54) is 13.2 Å². The van der Waals surface area contributed by atoms with E-state index < -0.39 is 0 Å². The minimum absolute atomic E-state index is 0.349. The summed E-state index contributed by atoms with van der Waals surface area (Å²) in [5, 5.41) is 1.13. The van der Waals surface area contributed by atoms with Gasteiger partial charge in [0.2, 0.25) is 0 Å². The Morgan fingerprint density at radius 3 is 3.07 bits per heavy atom. The summed E-state index contributed by atoms with van der Waals surface area (Å²) >= 11 is 0. The summed E-state index contributed by atoms with van der Waals surface area (Å²) in [4.78, 5) is 14.1. The lowest BCUT2D eigenvalue weighted by molar-refractivity contribution is -0.134. The van der Waals surface area contributed by atoms with Gasteiger partial charge in [0.25, 0.3) is 0 Å². The van der Waals surface area contributed by atoms with Gasteiger partial charge in [0.15, 0.2) is 0 Å². The number of hydrogen-bond acceptors (Lipinski definition) is 2. The van der Waals surface area contributed by atoms with Crippen LogP contribution in [0.2, 0.25) is 0 Å². The summed E-state index contributed by atoms with van der Waals surface area (Å²) in [6.07, 6.45) is 5.03. The number of aromatic nitrogens is 1. The number of carbonyl (C=O) groups excluding carboxylic acids is 1. The molecule has 0 aliphatic carbocycles. The Hall–Kier alpha value is -2.03. The van der Waals surface area contributed by atoms with E-state index in [0.717, 1.165) is 16.5 Å². The normalized spacial score (nSPS) is 11.0. The summed E-state index contributed by atoms with van der Waals surface area (Å²) < 4.78 is 4.53. The molecule has 0 saturated heterocycles. The fourth-order valence-corrected chi connectivity index (χ4v) is 1.47. The molecule has 0 spiro atoms. The van der Waals surface area contributed by atoms with E-state index in [-0.39, 0.29) is 5.97 Å². The van der Waals surface area contributed by atoms with Crippen molar-refractivity contribution in [3.05, 3.63) is 42.1 Å². The van der Waals surface area contributed by atoms with Gasteiger partial charge in [-0.2, -0.15) is 0 Å². The van der Waals surface area contributed by atoms with E-state index in [4.69, 9.17) is 0 Å². The summed E-state index contributed by atoms with van der Waals surface area (Å²) in [7, 11) is 1.36. The van der Waals surface area contributed by atoms with Crippen LogP contribution >= 0.6 is 0 Å². The monoisotopic (exact) mass is 201 g/mol. The number of H-pyrrole nitrogens is 1. The van der Waals surface area contributed by atoms with Crippen LogP contribution in [0.3, 0.4) is 0 Å². The highest BCUT2D eigenvalue weighted by molar-refractivity contribution is 5.93. The fourth-order valence-electron chi connectivity index (χ4n) is 1.47. The lowest BCUT2D eigenvalue weighted by Gasteiger charge is -1.96. The number of carbonyl (C=O) groups is 1. The quantitative estimate of drug-likeness (QED) is 0.598. The molecule has 0 amide bonds. The molecule has 2 rings (SSSR count). The number of para-hydroxylation sites is 1. The second kappa shape index (κ2) is 4.00. The van der Waals surface area contributed by atoms with Crippen molar-refractivity contribution in [3.63, 3.8) is 0 Å². The van der Waals surface area contributed by atoms with E-state index in [2.05, 4.69) is 9.72 Å². The first-order valence-corrected chi connectivity index (χ1v) is 4.63. The topological polar surface area (TPSA) is 42.1 Å². The van der Waals surface area contributed by atoms with Crippen LogP contribution in [-0.2, 0) is 9.53 Å². The van der Waals surface area contributed by atoms with E-state index in [9.17, 15) is 4.79 Å². The van der Waals surface area contributed by atoms with Crippen LogP contribution < -0.4 is 0 Å². The van der Waals surface area contributed by atoms with Crippen LogP contribution in [0.1, 0.15) is 5.56 Å². The van der Waals surface area contributed by atoms with Crippen molar-refractivity contribution in [2.75, 3.05) is 7.11 Å². The Kier molecular flexibility index (Phi) is 2.54. The maximum absolute atomic E-state index is 10.9. The number of methoxy groups -OCH3 is 1. The lowest BCUT2D eigenvalue weighted by atomic mass is 10.1. The maximum Gasteiger partial charge on any atom is 0.330 e. The predicted molar refractivity (Wildman–Crippen MR) is 59.3 cm³/mol. The van der Waals surface area contributed by atoms with Crippen molar-refractivity contribution >= 4 is 22.9 Å². The summed E-state index contributed by atoms with van der Waals surface area (Å²) in [6, 6.07) is 7.90. The molecule has 76 valence electrons. The number of fused-ring (bicyclic) bond motifs is 1. The lowest BCUT2D eigenvalue weighted by Crippen LogP contribution is -1.93. The van der Waals surface area contributed by atoms with Crippen molar-refractivity contribution in [3.8, 4) is 0 Å². The number of rotatable bonds is 2. The third-order valence-electron chi connectivity index (χ3n) is 2.22. The standard InChI is InChI=1S/C12H11NO2/c1-15-11(14)6-5-9-3-2-4-10-7-8-13-12(9)10/h2-8,13H,1H3. The molecule has 2 aromatic rings. The van der Waals surface area contributed by atoms with Crippen molar-refractivity contribution in [1.82, 2.24) is 4.98 Å². The molecule has 0 aliphatic heterocycles. The van der Waals surface area contributed by atoms with Crippen molar-refractivity contribution in [2.45, 2.75) is 0 Å². The van der Waals surface area contributed by atoms with Crippen molar-refractivity contribution in [1.29, 1.82) is 0 Å². The van der Waals surface area contributed by atoms with Crippen LogP contribution in [0, 0.1) is 0 Å². The van der Waals surface area contributed by atoms with Gasteiger partial charge in [0.05, 0.1) is 12.6 Å². The molecular weight excluding hydrogens is 190 g/mol. The number of esters is 1. The first kappa shape index (κ1) is 9.52. The van der Waals surface area contributed by atoms with E-state index in [1.54, 1.807) is 6.08 Å². The van der Waals surface area contributed by atoms with Gasteiger partial charge in [-0.15, -0.1) is 0 Å². The predicted octanol–water partition coefficient (Wildman–Crippen LogP) is 2.35. The second-order valence-electron chi connectivity index (χ2n) is 3.15. The van der Waals surface area contributed by atoms with Crippen LogP contribution in [0.15, 0.2) is 36.5 Å². The molecule has 1 aromatic carbocycles. The molecule has 1 aromatic heterocycles. The number of ether oxygens (including phenoxy) is 1. The molecule has 1 N–H and O–H groups in total. The summed E-state index contributed by atoms with van der Waals surface area (Å²) in [5.74, 6) is -0.349. The average Bonchev–Trinajstić information content (AvgIpc) is 2.74. The minimum Gasteiger partial charge on any atom is -0.466 e. The van der Waals surface area contributed by atoms with Crippen LogP contribution in [-0.4, -0.2) is 18.1 Å². The Morgan fingerprint density at radius 1 is 1.40 bits per heavy atom. The molecule has 0 radical (unpaired) electrons. The molecule has 0 aliphatic rings. The second-order valence-corrected chi connectivity index (χ2v) is 3.15. The maximum atomic E-state index is 10.9. The molecule has 1 heterocycles. The van der Waals surface area contributed by atoms with Gasteiger partial charge < -0.3 is 9.72 Å². The fraction of sp³-hybridized carbons (Fsp3) is 0.0833. The Labute approximate surface area is 87.4 Å². The molecule has 0 fully saturated rings. The minimum atomic E-state index is -0.349. The zero-order valence-corrected chi connectivity index (χ0v) is 8.36. The zero-order chi connectivity index (χ0) is 10.7. The molecule has 3 nitrogen and oxygen atoms in total. The van der Waals surface area contributed by atoms with Gasteiger partial charge in [-0.25, -0.2) is 4.79 Å². The van der Waals surface area contributed by atoms with Gasteiger partial charge in [-0.3, -0.25) is 0 Å². The summed E-state index contributed by atoms with van der Waals surface area (Å²) in [6.45, 7) is 0. The highest BCUT2D eigenvalue weighted by Crippen LogP contribution is 2.17. The van der Waals surface area contributed by atoms with Crippen molar-refractivity contribution in [2.24, 2.45) is 0 Å². The van der Waals surface area contributed by atoms with Gasteiger partial charge in [0.1, 0.15) is 0 Å². The Morgan fingerprint density at radius 2 is 2.27 bits per heavy atom. The molecule has 0 bridgehead atoms. The molecule has 3 heteroatoms. The third-order valence-corrected chi connectivity index (χ3v) is 2.22. The smallest absolute Gasteiger partial charge is 0.330 e. The molecule has 15 heavy (non-hydrogen) atoms. The van der Waals surface area contributed by atoms with Gasteiger partial charge >= 0.3 is 5.97 Å². The van der Waals surface area contributed by atoms with Gasteiger partial charge in [0, 0.05) is 12.3 Å². The van der Waals surface area contributed by atoms with Gasteiger partial charge in [-0.1, -0.05) is 18.2 Å². The molecule has 0 saturated carbocycles. The third kappa shape index (κ3) is 1.91. The summed E-state index contributed by atoms with van der Waals surface area (Å²) in [5.41, 5.74) is 2.00. The molecule has 0 atom stereocenters. The number of aromatic amines is 1. The number of benzene rings is 1. The first-order valence-electron chi connectivity index (χ1n) is 4.63. The van der Waals surface area contributed by atoms with Crippen LogP contribution in [0.4, 0.5) is 0 Å². The number of hydrogen-bond donors (Lipinski definition) is 1. The molecular formula is C12H11NO2. The van der Waals surface area contributed by atoms with Crippen molar-refractivity contribution < 1.29 is 9.53 Å². The van der Waals surface area contributed by atoms with Crippen LogP contribution in [0.5, 0.6) is 0 Å². The average molecular weight is 201 g/mol.